The first-order valence-corrected chi connectivity index (χ1v) is 7.21. The van der Waals surface area contributed by atoms with Crippen LogP contribution in [0.15, 0.2) is 47.3 Å². The molecule has 0 unspecified atom stereocenters. The average molecular weight is 329 g/mol. The van der Waals surface area contributed by atoms with Gasteiger partial charge in [-0.05, 0) is 29.8 Å². The lowest BCUT2D eigenvalue weighted by atomic mass is 10.1. The Bertz CT molecular complexity index is 969. The topological polar surface area (TPSA) is 74.8 Å². The first kappa shape index (κ1) is 15.8. The van der Waals surface area contributed by atoms with E-state index in [0.717, 1.165) is 12.1 Å². The number of nitrogens with zero attached hydrogens (tertiary/aromatic N) is 1. The highest BCUT2D eigenvalue weighted by Crippen LogP contribution is 2.09. The summed E-state index contributed by atoms with van der Waals surface area (Å²) in [5.41, 5.74) is 0.600. The van der Waals surface area contributed by atoms with E-state index in [1.54, 1.807) is 24.3 Å². The normalized spacial score (nSPS) is 10.8. The van der Waals surface area contributed by atoms with Gasteiger partial charge in [0.15, 0.2) is 11.6 Å². The van der Waals surface area contributed by atoms with Crippen LogP contribution in [0.25, 0.3) is 10.9 Å². The van der Waals surface area contributed by atoms with Gasteiger partial charge in [0, 0.05) is 0 Å². The summed E-state index contributed by atoms with van der Waals surface area (Å²) in [6.45, 7) is 0.0303. The third-order valence-corrected chi connectivity index (χ3v) is 3.46. The highest BCUT2D eigenvalue weighted by atomic mass is 19.2. The Morgan fingerprint density at radius 2 is 1.92 bits per heavy atom. The summed E-state index contributed by atoms with van der Waals surface area (Å²) in [5, 5.41) is 3.05. The van der Waals surface area contributed by atoms with Gasteiger partial charge in [-0.25, -0.2) is 13.8 Å². The fourth-order valence-corrected chi connectivity index (χ4v) is 2.30. The number of carbonyl (C=O) groups excluding carboxylic acids is 1. The van der Waals surface area contributed by atoms with Crippen LogP contribution in [0, 0.1) is 11.6 Å². The Hall–Kier alpha value is -3.09. The quantitative estimate of drug-likeness (QED) is 0.769. The van der Waals surface area contributed by atoms with E-state index >= 15 is 0 Å². The number of aromatic nitrogens is 2. The van der Waals surface area contributed by atoms with Gasteiger partial charge in [-0.15, -0.1) is 0 Å². The van der Waals surface area contributed by atoms with E-state index in [9.17, 15) is 18.4 Å². The molecule has 0 fully saturated rings. The van der Waals surface area contributed by atoms with Crippen LogP contribution >= 0.6 is 0 Å². The average Bonchev–Trinajstić information content (AvgIpc) is 2.56. The van der Waals surface area contributed by atoms with Crippen LogP contribution in [0.2, 0.25) is 0 Å². The van der Waals surface area contributed by atoms with E-state index < -0.39 is 17.5 Å². The maximum absolute atomic E-state index is 13.1. The molecule has 0 spiro atoms. The van der Waals surface area contributed by atoms with E-state index in [2.05, 4.69) is 15.3 Å². The number of amides is 1. The molecule has 2 aromatic carbocycles. The van der Waals surface area contributed by atoms with E-state index in [-0.39, 0.29) is 18.5 Å². The zero-order valence-corrected chi connectivity index (χ0v) is 12.5. The van der Waals surface area contributed by atoms with Crippen LogP contribution in [-0.4, -0.2) is 15.9 Å². The summed E-state index contributed by atoms with van der Waals surface area (Å²) in [4.78, 5) is 30.7. The molecule has 3 rings (SSSR count). The maximum atomic E-state index is 13.1. The fraction of sp³-hybridized carbons (Fsp3) is 0.118. The summed E-state index contributed by atoms with van der Waals surface area (Å²) in [6.07, 6.45) is -0.102. The molecule has 0 aliphatic carbocycles. The molecule has 0 atom stereocenters. The van der Waals surface area contributed by atoms with E-state index in [4.69, 9.17) is 0 Å². The van der Waals surface area contributed by atoms with Gasteiger partial charge < -0.3 is 10.3 Å². The standard InChI is InChI=1S/C17H13F2N3O2/c18-12-6-5-10(7-13(12)19)8-16(23)20-9-15-21-14-4-2-1-3-11(14)17(24)22-15/h1-7H,8-9H2,(H,20,23)(H,21,22,24). The minimum absolute atomic E-state index is 0.0303. The lowest BCUT2D eigenvalue weighted by Crippen LogP contribution is -2.27. The number of fused-ring (bicyclic) bond motifs is 1. The van der Waals surface area contributed by atoms with E-state index in [1.807, 2.05) is 0 Å². The molecule has 7 heteroatoms. The molecular weight excluding hydrogens is 316 g/mol. The second-order valence-corrected chi connectivity index (χ2v) is 5.23. The molecule has 0 bridgehead atoms. The number of hydrogen-bond acceptors (Lipinski definition) is 3. The van der Waals surface area contributed by atoms with Crippen LogP contribution in [-0.2, 0) is 17.8 Å². The van der Waals surface area contributed by atoms with Gasteiger partial charge in [0.2, 0.25) is 5.91 Å². The minimum atomic E-state index is -0.999. The molecule has 122 valence electrons. The number of rotatable bonds is 4. The SMILES string of the molecule is O=C(Cc1ccc(F)c(F)c1)NCc1nc2ccccc2c(=O)[nH]1. The third-order valence-electron chi connectivity index (χ3n) is 3.46. The van der Waals surface area contributed by atoms with Gasteiger partial charge in [0.05, 0.1) is 23.9 Å². The second-order valence-electron chi connectivity index (χ2n) is 5.23. The first-order chi connectivity index (χ1) is 11.5. The predicted molar refractivity (Wildman–Crippen MR) is 84.3 cm³/mol. The Kier molecular flexibility index (Phi) is 4.33. The van der Waals surface area contributed by atoms with Crippen molar-refractivity contribution in [3.63, 3.8) is 0 Å². The van der Waals surface area contributed by atoms with Gasteiger partial charge in [-0.1, -0.05) is 18.2 Å². The summed E-state index contributed by atoms with van der Waals surface area (Å²) >= 11 is 0. The Morgan fingerprint density at radius 3 is 2.71 bits per heavy atom. The van der Waals surface area contributed by atoms with Gasteiger partial charge >= 0.3 is 0 Å². The molecule has 0 aliphatic rings. The molecule has 1 aromatic heterocycles. The number of para-hydroxylation sites is 1. The van der Waals surface area contributed by atoms with Crippen molar-refractivity contribution in [3.8, 4) is 0 Å². The smallest absolute Gasteiger partial charge is 0.258 e. The highest BCUT2D eigenvalue weighted by Gasteiger charge is 2.08. The maximum Gasteiger partial charge on any atom is 0.258 e. The first-order valence-electron chi connectivity index (χ1n) is 7.21. The summed E-state index contributed by atoms with van der Waals surface area (Å²) in [6, 6.07) is 10.2. The molecule has 3 aromatic rings. The zero-order chi connectivity index (χ0) is 17.1. The number of hydrogen-bond donors (Lipinski definition) is 2. The van der Waals surface area contributed by atoms with Gasteiger partial charge in [0.1, 0.15) is 5.82 Å². The molecule has 0 saturated carbocycles. The van der Waals surface area contributed by atoms with Crippen molar-refractivity contribution in [2.75, 3.05) is 0 Å². The Morgan fingerprint density at radius 1 is 1.12 bits per heavy atom. The Balaban J connectivity index is 1.68. The molecule has 1 heterocycles. The molecule has 2 N–H and O–H groups in total. The molecule has 0 aliphatic heterocycles. The predicted octanol–water partition coefficient (Wildman–Crippen LogP) is 2.06. The molecule has 24 heavy (non-hydrogen) atoms. The van der Waals surface area contributed by atoms with Crippen LogP contribution in [0.3, 0.4) is 0 Å². The van der Waals surface area contributed by atoms with Crippen molar-refractivity contribution < 1.29 is 13.6 Å². The number of H-pyrrole nitrogens is 1. The molecule has 1 amide bonds. The van der Waals surface area contributed by atoms with Crippen LogP contribution < -0.4 is 10.9 Å². The fourth-order valence-electron chi connectivity index (χ4n) is 2.30. The van der Waals surface area contributed by atoms with Crippen molar-refractivity contribution in [2.45, 2.75) is 13.0 Å². The molecule has 0 radical (unpaired) electrons. The number of aromatic amines is 1. The van der Waals surface area contributed by atoms with E-state index in [1.165, 1.54) is 6.07 Å². The monoisotopic (exact) mass is 329 g/mol. The third kappa shape index (κ3) is 3.45. The largest absolute Gasteiger partial charge is 0.349 e. The van der Waals surface area contributed by atoms with E-state index in [0.29, 0.717) is 22.3 Å². The van der Waals surface area contributed by atoms with Crippen LogP contribution in [0.1, 0.15) is 11.4 Å². The van der Waals surface area contributed by atoms with Gasteiger partial charge in [0.25, 0.3) is 5.56 Å². The number of nitrogens with one attached hydrogen (secondary N) is 2. The summed E-state index contributed by atoms with van der Waals surface area (Å²) < 4.78 is 26.0. The van der Waals surface area contributed by atoms with Crippen molar-refractivity contribution in [3.05, 3.63) is 75.8 Å². The summed E-state index contributed by atoms with van der Waals surface area (Å²) in [5.74, 6) is -2.04. The van der Waals surface area contributed by atoms with Crippen LogP contribution in [0.4, 0.5) is 8.78 Å². The zero-order valence-electron chi connectivity index (χ0n) is 12.5. The molecule has 0 saturated heterocycles. The van der Waals surface area contributed by atoms with Crippen molar-refractivity contribution in [1.29, 1.82) is 0 Å². The minimum Gasteiger partial charge on any atom is -0.349 e. The van der Waals surface area contributed by atoms with Gasteiger partial charge in [-0.3, -0.25) is 9.59 Å². The molecule has 5 nitrogen and oxygen atoms in total. The lowest BCUT2D eigenvalue weighted by Gasteiger charge is -2.06. The number of carbonyl (C=O) groups is 1. The lowest BCUT2D eigenvalue weighted by molar-refractivity contribution is -0.120. The van der Waals surface area contributed by atoms with Crippen molar-refractivity contribution in [2.24, 2.45) is 0 Å². The number of halogens is 2. The van der Waals surface area contributed by atoms with Crippen molar-refractivity contribution in [1.82, 2.24) is 15.3 Å². The van der Waals surface area contributed by atoms with Crippen molar-refractivity contribution >= 4 is 16.8 Å². The number of benzene rings is 2. The second kappa shape index (κ2) is 6.57. The summed E-state index contributed by atoms with van der Waals surface area (Å²) in [7, 11) is 0. The molecular formula is C17H13F2N3O2. The van der Waals surface area contributed by atoms with Crippen LogP contribution in [0.5, 0.6) is 0 Å². The Labute approximate surface area is 135 Å². The van der Waals surface area contributed by atoms with Gasteiger partial charge in [-0.2, -0.15) is 0 Å². The highest BCUT2D eigenvalue weighted by molar-refractivity contribution is 5.79.